The third-order valence-electron chi connectivity index (χ3n) is 5.62. The second-order valence-corrected chi connectivity index (χ2v) is 8.31. The summed E-state index contributed by atoms with van der Waals surface area (Å²) in [7, 11) is 0. The maximum absolute atomic E-state index is 12.7. The number of hydrogen-bond donors (Lipinski definition) is 1. The summed E-state index contributed by atoms with van der Waals surface area (Å²) in [5, 5.41) is 5.78. The highest BCUT2D eigenvalue weighted by Gasteiger charge is 2.12. The van der Waals surface area contributed by atoms with Crippen LogP contribution in [0.1, 0.15) is 41.3 Å². The topological polar surface area (TPSA) is 77.0 Å². The molecule has 0 saturated carbocycles. The van der Waals surface area contributed by atoms with Gasteiger partial charge in [0.05, 0.1) is 11.8 Å². The predicted octanol–water partition coefficient (Wildman–Crippen LogP) is 5.93. The smallest absolute Gasteiger partial charge is 0.344 e. The summed E-state index contributed by atoms with van der Waals surface area (Å²) < 4.78 is 11.0. The zero-order valence-corrected chi connectivity index (χ0v) is 20.1. The molecule has 0 atom stereocenters. The molecule has 0 fully saturated rings. The first-order valence-electron chi connectivity index (χ1n) is 12.0. The van der Waals surface area contributed by atoms with Crippen molar-refractivity contribution in [3.8, 4) is 11.5 Å². The normalized spacial score (nSPS) is 10.9. The molecule has 0 aliphatic rings. The average molecular weight is 481 g/mol. The maximum atomic E-state index is 12.7. The molecule has 0 heterocycles. The van der Waals surface area contributed by atoms with E-state index < -0.39 is 5.97 Å². The number of aryl methyl sites for hydroxylation is 1. The summed E-state index contributed by atoms with van der Waals surface area (Å²) in [5.41, 5.74) is 4.95. The Labute approximate surface area is 210 Å². The lowest BCUT2D eigenvalue weighted by Crippen LogP contribution is -2.24. The number of nitrogens with zero attached hydrogens (tertiary/aromatic N) is 1. The number of unbranched alkanes of at least 4 members (excludes halogenated alkanes) is 1. The number of benzene rings is 4. The Bertz CT molecular complexity index is 1340. The molecular formula is C30H28N2O4. The van der Waals surface area contributed by atoms with Crippen molar-refractivity contribution in [2.24, 2.45) is 5.10 Å². The van der Waals surface area contributed by atoms with E-state index in [1.165, 1.54) is 11.8 Å². The van der Waals surface area contributed by atoms with Gasteiger partial charge in [-0.25, -0.2) is 10.2 Å². The Kier molecular flexibility index (Phi) is 8.44. The van der Waals surface area contributed by atoms with Gasteiger partial charge in [-0.2, -0.15) is 5.10 Å². The standard InChI is InChI=1S/C30H28N2O4/c1-2-3-7-22-12-16-25(17-13-22)35-21-29(33)32-31-20-23-14-18-26(19-15-23)36-30(34)28-11-6-9-24-8-4-5-10-27(24)28/h4-6,8-20H,2-3,7,21H2,1H3,(H,32,33)/b31-20-. The summed E-state index contributed by atoms with van der Waals surface area (Å²) >= 11 is 0. The summed E-state index contributed by atoms with van der Waals surface area (Å²) in [5.74, 6) is 0.282. The van der Waals surface area contributed by atoms with Gasteiger partial charge in [-0.3, -0.25) is 4.79 Å². The molecule has 1 amide bonds. The fourth-order valence-corrected chi connectivity index (χ4v) is 3.68. The number of carbonyl (C=O) groups is 2. The highest BCUT2D eigenvalue weighted by Crippen LogP contribution is 2.21. The van der Waals surface area contributed by atoms with Gasteiger partial charge in [0.25, 0.3) is 5.91 Å². The Morgan fingerprint density at radius 1 is 0.861 bits per heavy atom. The lowest BCUT2D eigenvalue weighted by atomic mass is 10.0. The first kappa shape index (κ1) is 24.7. The van der Waals surface area contributed by atoms with E-state index in [1.807, 2.05) is 60.7 Å². The molecule has 0 unspecified atom stereocenters. The average Bonchev–Trinajstić information content (AvgIpc) is 2.92. The molecule has 36 heavy (non-hydrogen) atoms. The van der Waals surface area contributed by atoms with Crippen LogP contribution in [0.15, 0.2) is 96.1 Å². The molecule has 4 aromatic rings. The fraction of sp³-hybridized carbons (Fsp3) is 0.167. The van der Waals surface area contributed by atoms with E-state index in [9.17, 15) is 9.59 Å². The Morgan fingerprint density at radius 3 is 2.36 bits per heavy atom. The quantitative estimate of drug-likeness (QED) is 0.132. The summed E-state index contributed by atoms with van der Waals surface area (Å²) in [6.07, 6.45) is 4.86. The minimum absolute atomic E-state index is 0.130. The number of amides is 1. The molecule has 0 radical (unpaired) electrons. The number of esters is 1. The first-order valence-corrected chi connectivity index (χ1v) is 12.0. The van der Waals surface area contributed by atoms with Gasteiger partial charge in [-0.05, 0) is 77.2 Å². The third kappa shape index (κ3) is 6.79. The van der Waals surface area contributed by atoms with Crippen LogP contribution in [-0.4, -0.2) is 24.7 Å². The molecule has 6 heteroatoms. The Hall–Kier alpha value is -4.45. The second kappa shape index (κ2) is 12.3. The van der Waals surface area contributed by atoms with E-state index in [4.69, 9.17) is 9.47 Å². The molecule has 0 aliphatic carbocycles. The molecule has 0 aliphatic heterocycles. The van der Waals surface area contributed by atoms with Crippen molar-refractivity contribution in [2.75, 3.05) is 6.61 Å². The molecule has 4 aromatic carbocycles. The number of hydrogen-bond acceptors (Lipinski definition) is 5. The molecule has 4 rings (SSSR count). The van der Waals surface area contributed by atoms with Crippen molar-refractivity contribution in [2.45, 2.75) is 26.2 Å². The van der Waals surface area contributed by atoms with Gasteiger partial charge in [0.1, 0.15) is 11.5 Å². The van der Waals surface area contributed by atoms with Crippen LogP contribution in [0.5, 0.6) is 11.5 Å². The van der Waals surface area contributed by atoms with Gasteiger partial charge in [-0.15, -0.1) is 0 Å². The van der Waals surface area contributed by atoms with Gasteiger partial charge >= 0.3 is 5.97 Å². The first-order chi connectivity index (χ1) is 17.6. The van der Waals surface area contributed by atoms with Crippen LogP contribution in [0.25, 0.3) is 10.8 Å². The van der Waals surface area contributed by atoms with Crippen LogP contribution in [0.4, 0.5) is 0 Å². The fourth-order valence-electron chi connectivity index (χ4n) is 3.68. The molecule has 0 saturated heterocycles. The largest absolute Gasteiger partial charge is 0.484 e. The van der Waals surface area contributed by atoms with Gasteiger partial charge in [0.15, 0.2) is 6.61 Å². The van der Waals surface area contributed by atoms with E-state index in [0.29, 0.717) is 17.1 Å². The highest BCUT2D eigenvalue weighted by molar-refractivity contribution is 6.05. The van der Waals surface area contributed by atoms with E-state index in [2.05, 4.69) is 17.5 Å². The zero-order valence-electron chi connectivity index (χ0n) is 20.1. The molecule has 1 N–H and O–H groups in total. The minimum Gasteiger partial charge on any atom is -0.484 e. The van der Waals surface area contributed by atoms with Crippen LogP contribution in [0.2, 0.25) is 0 Å². The van der Waals surface area contributed by atoms with Crippen LogP contribution < -0.4 is 14.9 Å². The van der Waals surface area contributed by atoms with E-state index in [1.54, 1.807) is 30.3 Å². The number of carbonyl (C=O) groups excluding carboxylic acids is 2. The van der Waals surface area contributed by atoms with E-state index in [0.717, 1.165) is 35.6 Å². The molecular weight excluding hydrogens is 452 g/mol. The predicted molar refractivity (Wildman–Crippen MR) is 142 cm³/mol. The van der Waals surface area contributed by atoms with Crippen molar-refractivity contribution in [3.63, 3.8) is 0 Å². The van der Waals surface area contributed by atoms with Gasteiger partial charge < -0.3 is 9.47 Å². The van der Waals surface area contributed by atoms with Crippen LogP contribution in [-0.2, 0) is 11.2 Å². The second-order valence-electron chi connectivity index (χ2n) is 8.31. The Balaban J connectivity index is 1.25. The van der Waals surface area contributed by atoms with Crippen molar-refractivity contribution in [3.05, 3.63) is 108 Å². The van der Waals surface area contributed by atoms with Crippen molar-refractivity contribution in [1.82, 2.24) is 5.43 Å². The van der Waals surface area contributed by atoms with Gasteiger partial charge in [-0.1, -0.05) is 61.9 Å². The van der Waals surface area contributed by atoms with Crippen LogP contribution >= 0.6 is 0 Å². The number of ether oxygens (including phenoxy) is 2. The third-order valence-corrected chi connectivity index (χ3v) is 5.62. The molecule has 0 aromatic heterocycles. The van der Waals surface area contributed by atoms with Crippen LogP contribution in [0, 0.1) is 0 Å². The SMILES string of the molecule is CCCCc1ccc(OCC(=O)N/N=C\c2ccc(OC(=O)c3cccc4ccccc34)cc2)cc1. The van der Waals surface area contributed by atoms with E-state index in [-0.39, 0.29) is 12.5 Å². The zero-order chi connectivity index (χ0) is 25.2. The van der Waals surface area contributed by atoms with Gasteiger partial charge in [0.2, 0.25) is 0 Å². The summed E-state index contributed by atoms with van der Waals surface area (Å²) in [6, 6.07) is 27.9. The monoisotopic (exact) mass is 480 g/mol. The summed E-state index contributed by atoms with van der Waals surface area (Å²) in [4.78, 5) is 24.7. The van der Waals surface area contributed by atoms with Crippen molar-refractivity contribution in [1.29, 1.82) is 0 Å². The number of rotatable bonds is 10. The molecule has 182 valence electrons. The molecule has 0 bridgehead atoms. The number of fused-ring (bicyclic) bond motifs is 1. The van der Waals surface area contributed by atoms with E-state index >= 15 is 0 Å². The minimum atomic E-state index is -0.420. The number of hydrazone groups is 1. The Morgan fingerprint density at radius 2 is 1.58 bits per heavy atom. The maximum Gasteiger partial charge on any atom is 0.344 e. The lowest BCUT2D eigenvalue weighted by Gasteiger charge is -2.07. The number of nitrogens with one attached hydrogen (secondary N) is 1. The van der Waals surface area contributed by atoms with Crippen LogP contribution in [0.3, 0.4) is 0 Å². The molecule has 6 nitrogen and oxygen atoms in total. The van der Waals surface area contributed by atoms with Crippen molar-refractivity contribution < 1.29 is 19.1 Å². The van der Waals surface area contributed by atoms with Gasteiger partial charge in [0, 0.05) is 0 Å². The van der Waals surface area contributed by atoms with Crippen molar-refractivity contribution >= 4 is 28.9 Å². The molecule has 0 spiro atoms. The highest BCUT2D eigenvalue weighted by atomic mass is 16.5. The summed E-state index contributed by atoms with van der Waals surface area (Å²) in [6.45, 7) is 2.04. The lowest BCUT2D eigenvalue weighted by molar-refractivity contribution is -0.123.